The lowest BCUT2D eigenvalue weighted by Crippen LogP contribution is -2.32. The summed E-state index contributed by atoms with van der Waals surface area (Å²) in [7, 11) is 0. The van der Waals surface area contributed by atoms with Crippen molar-refractivity contribution >= 4 is 23.3 Å². The Morgan fingerprint density at radius 2 is 1.79 bits per heavy atom. The van der Waals surface area contributed by atoms with Crippen LogP contribution in [0.2, 0.25) is 0 Å². The standard InChI is InChI=1S/C23H25FO3S/c1-13-9-14(2)21(15(3)10-13)22-19(25)11-20(27-23(22)26)16(4)12-28-18-7-5-17(24)6-8-18/h5-10,16,20,25H,11-12H2,1-4H3. The van der Waals surface area contributed by atoms with E-state index in [1.807, 2.05) is 39.8 Å². The van der Waals surface area contributed by atoms with E-state index in [9.17, 15) is 14.3 Å². The van der Waals surface area contributed by atoms with E-state index in [4.69, 9.17) is 4.74 Å². The molecule has 2 aromatic carbocycles. The van der Waals surface area contributed by atoms with Gasteiger partial charge in [-0.1, -0.05) is 24.6 Å². The van der Waals surface area contributed by atoms with E-state index in [1.165, 1.54) is 12.1 Å². The maximum absolute atomic E-state index is 13.0. The molecular weight excluding hydrogens is 375 g/mol. The Morgan fingerprint density at radius 1 is 1.18 bits per heavy atom. The Hall–Kier alpha value is -2.27. The molecule has 0 spiro atoms. The molecule has 1 aliphatic rings. The van der Waals surface area contributed by atoms with Crippen LogP contribution in [0.3, 0.4) is 0 Å². The van der Waals surface area contributed by atoms with Gasteiger partial charge >= 0.3 is 5.97 Å². The minimum atomic E-state index is -0.470. The van der Waals surface area contributed by atoms with Gasteiger partial charge in [-0.15, -0.1) is 11.8 Å². The van der Waals surface area contributed by atoms with Crippen LogP contribution in [0.25, 0.3) is 5.57 Å². The molecule has 148 valence electrons. The third-order valence-electron chi connectivity index (χ3n) is 5.03. The minimum absolute atomic E-state index is 0.0444. The van der Waals surface area contributed by atoms with Crippen LogP contribution >= 0.6 is 11.8 Å². The van der Waals surface area contributed by atoms with Gasteiger partial charge in [-0.25, -0.2) is 9.18 Å². The highest BCUT2D eigenvalue weighted by Gasteiger charge is 2.34. The average molecular weight is 401 g/mol. The smallest absolute Gasteiger partial charge is 0.342 e. The van der Waals surface area contributed by atoms with Crippen molar-refractivity contribution in [3.8, 4) is 0 Å². The van der Waals surface area contributed by atoms with Gasteiger partial charge in [0.25, 0.3) is 0 Å². The number of benzene rings is 2. The normalized spacial score (nSPS) is 18.2. The number of carbonyl (C=O) groups excluding carboxylic acids is 1. The van der Waals surface area contributed by atoms with Crippen LogP contribution in [0.1, 0.15) is 35.6 Å². The van der Waals surface area contributed by atoms with Gasteiger partial charge in [0.05, 0.1) is 0 Å². The lowest BCUT2D eigenvalue weighted by atomic mass is 9.89. The second-order valence-electron chi connectivity index (χ2n) is 7.49. The number of carbonyl (C=O) groups is 1. The Morgan fingerprint density at radius 3 is 2.36 bits per heavy atom. The number of aliphatic hydroxyl groups excluding tert-OH is 1. The van der Waals surface area contributed by atoms with E-state index < -0.39 is 5.97 Å². The Bertz CT molecular complexity index is 895. The molecule has 0 radical (unpaired) electrons. The first-order chi connectivity index (χ1) is 13.3. The maximum Gasteiger partial charge on any atom is 0.342 e. The molecule has 28 heavy (non-hydrogen) atoms. The number of hydrogen-bond acceptors (Lipinski definition) is 4. The monoisotopic (exact) mass is 400 g/mol. The van der Waals surface area contributed by atoms with E-state index in [1.54, 1.807) is 23.9 Å². The van der Waals surface area contributed by atoms with Crippen molar-refractivity contribution in [2.24, 2.45) is 5.92 Å². The van der Waals surface area contributed by atoms with Crippen molar-refractivity contribution in [3.63, 3.8) is 0 Å². The second-order valence-corrected chi connectivity index (χ2v) is 8.58. The summed E-state index contributed by atoms with van der Waals surface area (Å²) >= 11 is 1.58. The molecule has 1 aliphatic heterocycles. The maximum atomic E-state index is 13.0. The summed E-state index contributed by atoms with van der Waals surface area (Å²) in [6.07, 6.45) is -0.0749. The van der Waals surface area contributed by atoms with Gasteiger partial charge in [0.15, 0.2) is 0 Å². The van der Waals surface area contributed by atoms with Crippen LogP contribution in [0, 0.1) is 32.5 Å². The summed E-state index contributed by atoms with van der Waals surface area (Å²) in [5.41, 5.74) is 4.07. The fourth-order valence-electron chi connectivity index (χ4n) is 3.65. The molecule has 1 heterocycles. The summed E-state index contributed by atoms with van der Waals surface area (Å²) in [6, 6.07) is 10.3. The van der Waals surface area contributed by atoms with E-state index in [0.29, 0.717) is 12.2 Å². The van der Waals surface area contributed by atoms with Crippen LogP contribution in [0.5, 0.6) is 0 Å². The average Bonchev–Trinajstić information content (AvgIpc) is 2.62. The van der Waals surface area contributed by atoms with Crippen molar-refractivity contribution < 1.29 is 19.0 Å². The fraction of sp³-hybridized carbons (Fsp3) is 0.348. The highest BCUT2D eigenvalue weighted by Crippen LogP contribution is 2.35. The Kier molecular flexibility index (Phi) is 6.14. The van der Waals surface area contributed by atoms with E-state index in [-0.39, 0.29) is 29.2 Å². The molecule has 0 saturated heterocycles. The topological polar surface area (TPSA) is 46.5 Å². The van der Waals surface area contributed by atoms with Crippen molar-refractivity contribution in [1.82, 2.24) is 0 Å². The molecule has 3 nitrogen and oxygen atoms in total. The third kappa shape index (κ3) is 4.41. The molecule has 5 heteroatoms. The molecule has 0 fully saturated rings. The largest absolute Gasteiger partial charge is 0.511 e. The molecular formula is C23H25FO3S. The van der Waals surface area contributed by atoms with Crippen molar-refractivity contribution in [3.05, 3.63) is 70.2 Å². The van der Waals surface area contributed by atoms with Crippen molar-refractivity contribution in [2.45, 2.75) is 45.1 Å². The fourth-order valence-corrected chi connectivity index (χ4v) is 4.65. The Balaban J connectivity index is 1.75. The number of halogens is 1. The molecule has 0 amide bonds. The van der Waals surface area contributed by atoms with Gasteiger partial charge in [0.2, 0.25) is 0 Å². The number of cyclic esters (lactones) is 1. The number of hydrogen-bond donors (Lipinski definition) is 1. The van der Waals surface area contributed by atoms with Crippen LogP contribution in [0.15, 0.2) is 47.1 Å². The minimum Gasteiger partial charge on any atom is -0.511 e. The lowest BCUT2D eigenvalue weighted by Gasteiger charge is -2.29. The summed E-state index contributed by atoms with van der Waals surface area (Å²) in [6.45, 7) is 7.89. The van der Waals surface area contributed by atoms with Gasteiger partial charge in [-0.3, -0.25) is 0 Å². The molecule has 0 aliphatic carbocycles. The van der Waals surface area contributed by atoms with Crippen molar-refractivity contribution in [1.29, 1.82) is 0 Å². The second kappa shape index (κ2) is 8.39. The third-order valence-corrected chi connectivity index (χ3v) is 6.33. The van der Waals surface area contributed by atoms with Crippen molar-refractivity contribution in [2.75, 3.05) is 5.75 Å². The van der Waals surface area contributed by atoms with Gasteiger partial charge in [-0.2, -0.15) is 0 Å². The van der Waals surface area contributed by atoms with Crippen LogP contribution in [0.4, 0.5) is 4.39 Å². The van der Waals surface area contributed by atoms with Crippen LogP contribution < -0.4 is 0 Å². The quantitative estimate of drug-likeness (QED) is 0.512. The first kappa shape index (κ1) is 20.5. The van der Waals surface area contributed by atoms with E-state index in [2.05, 4.69) is 0 Å². The number of aryl methyl sites for hydroxylation is 3. The number of esters is 1. The predicted octanol–water partition coefficient (Wildman–Crippen LogP) is 5.76. The zero-order valence-corrected chi connectivity index (χ0v) is 17.4. The molecule has 0 bridgehead atoms. The van der Waals surface area contributed by atoms with Gasteiger partial charge < -0.3 is 9.84 Å². The summed E-state index contributed by atoms with van der Waals surface area (Å²) in [5.74, 6) is 0.109. The van der Waals surface area contributed by atoms with Crippen LogP contribution in [-0.2, 0) is 9.53 Å². The lowest BCUT2D eigenvalue weighted by molar-refractivity contribution is -0.145. The van der Waals surface area contributed by atoms with Gasteiger partial charge in [0, 0.05) is 23.0 Å². The molecule has 0 aromatic heterocycles. The summed E-state index contributed by atoms with van der Waals surface area (Å²) < 4.78 is 18.7. The summed E-state index contributed by atoms with van der Waals surface area (Å²) in [4.78, 5) is 13.7. The molecule has 2 atom stereocenters. The first-order valence-electron chi connectivity index (χ1n) is 9.36. The zero-order valence-electron chi connectivity index (χ0n) is 16.6. The highest BCUT2D eigenvalue weighted by atomic mass is 32.2. The molecule has 2 unspecified atom stereocenters. The predicted molar refractivity (Wildman–Crippen MR) is 111 cm³/mol. The van der Waals surface area contributed by atoms with E-state index >= 15 is 0 Å². The van der Waals surface area contributed by atoms with Gasteiger partial charge in [0.1, 0.15) is 23.3 Å². The zero-order chi connectivity index (χ0) is 20.4. The molecule has 2 aromatic rings. The molecule has 1 N–H and O–H groups in total. The number of rotatable bonds is 5. The first-order valence-corrected chi connectivity index (χ1v) is 10.3. The summed E-state index contributed by atoms with van der Waals surface area (Å²) in [5, 5.41) is 10.7. The van der Waals surface area contributed by atoms with E-state index in [0.717, 1.165) is 27.1 Å². The van der Waals surface area contributed by atoms with Crippen LogP contribution in [-0.4, -0.2) is 22.9 Å². The van der Waals surface area contributed by atoms with Gasteiger partial charge in [-0.05, 0) is 61.7 Å². The number of ether oxygens (including phenoxy) is 1. The SMILES string of the molecule is Cc1cc(C)c(C2=C(O)CC(C(C)CSc3ccc(F)cc3)OC2=O)c(C)c1. The number of thioether (sulfide) groups is 1. The molecule has 3 rings (SSSR count). The Labute approximate surface area is 169 Å². The number of aliphatic hydroxyl groups is 1. The molecule has 0 saturated carbocycles. The highest BCUT2D eigenvalue weighted by molar-refractivity contribution is 7.99.